The number of carbonyl (C=O) groups is 1. The number of aromatic nitrogens is 1. The van der Waals surface area contributed by atoms with Crippen LogP contribution in [0, 0.1) is 5.92 Å². The topological polar surface area (TPSA) is 57.7 Å². The summed E-state index contributed by atoms with van der Waals surface area (Å²) in [5, 5.41) is 0. The van der Waals surface area contributed by atoms with Gasteiger partial charge in [0.1, 0.15) is 5.75 Å². The highest BCUT2D eigenvalue weighted by Gasteiger charge is 2.13. The third-order valence-electron chi connectivity index (χ3n) is 5.07. The van der Waals surface area contributed by atoms with Crippen molar-refractivity contribution >= 4 is 5.97 Å². The van der Waals surface area contributed by atoms with Crippen LogP contribution in [0.25, 0.3) is 11.1 Å². The fourth-order valence-corrected chi connectivity index (χ4v) is 3.09. The first-order valence-corrected chi connectivity index (χ1v) is 11.0. The zero-order chi connectivity index (χ0) is 21.8. The maximum Gasteiger partial charge on any atom is 0.311 e. The Balaban J connectivity index is 0.000000386. The lowest BCUT2D eigenvalue weighted by Crippen LogP contribution is -2.14. The van der Waals surface area contributed by atoms with E-state index in [2.05, 4.69) is 18.8 Å². The number of hydrogen-bond acceptors (Lipinski definition) is 5. The molecule has 0 amide bonds. The molecular weight excluding hydrogens is 378 g/mol. The molecule has 1 aromatic heterocycles. The van der Waals surface area contributed by atoms with E-state index in [9.17, 15) is 4.79 Å². The Labute approximate surface area is 180 Å². The molecule has 3 rings (SSSR count). The van der Waals surface area contributed by atoms with Crippen molar-refractivity contribution < 1.29 is 19.0 Å². The van der Waals surface area contributed by atoms with Crippen LogP contribution in [0.4, 0.5) is 0 Å². The van der Waals surface area contributed by atoms with Crippen molar-refractivity contribution in [2.75, 3.05) is 13.2 Å². The molecule has 5 nitrogen and oxygen atoms in total. The lowest BCUT2D eigenvalue weighted by molar-refractivity contribution is -0.135. The minimum absolute atomic E-state index is 0.203. The zero-order valence-corrected chi connectivity index (χ0v) is 18.7. The molecule has 5 heteroatoms. The third-order valence-corrected chi connectivity index (χ3v) is 5.07. The summed E-state index contributed by atoms with van der Waals surface area (Å²) in [6.45, 7) is 9.71. The van der Waals surface area contributed by atoms with E-state index in [1.807, 2.05) is 50.2 Å². The van der Waals surface area contributed by atoms with Crippen LogP contribution in [0.3, 0.4) is 0 Å². The predicted octanol–water partition coefficient (Wildman–Crippen LogP) is 6.06. The highest BCUT2D eigenvalue weighted by atomic mass is 16.5. The number of para-hydroxylation sites is 1. The Morgan fingerprint density at radius 1 is 1.23 bits per heavy atom. The van der Waals surface area contributed by atoms with Gasteiger partial charge >= 0.3 is 5.97 Å². The Morgan fingerprint density at radius 3 is 2.67 bits per heavy atom. The number of benzene rings is 1. The number of esters is 1. The van der Waals surface area contributed by atoms with Gasteiger partial charge in [0, 0.05) is 30.9 Å². The first-order valence-electron chi connectivity index (χ1n) is 11.0. The van der Waals surface area contributed by atoms with Crippen LogP contribution in [0.1, 0.15) is 59.8 Å². The summed E-state index contributed by atoms with van der Waals surface area (Å²) in [4.78, 5) is 16.2. The van der Waals surface area contributed by atoms with Gasteiger partial charge in [0.25, 0.3) is 0 Å². The Morgan fingerprint density at radius 2 is 2.03 bits per heavy atom. The molecule has 0 aliphatic carbocycles. The van der Waals surface area contributed by atoms with Crippen LogP contribution >= 0.6 is 0 Å². The summed E-state index contributed by atoms with van der Waals surface area (Å²) in [5.41, 5.74) is 1.77. The Hall–Kier alpha value is -2.40. The maximum atomic E-state index is 12.1. The maximum absolute atomic E-state index is 12.1. The SMILES string of the molecule is CC1CCCCO1.CCOc1cc(-c2ccccc2OC(=O)CC(C)CC)ccn1. The molecule has 2 aromatic rings. The van der Waals surface area contributed by atoms with E-state index < -0.39 is 0 Å². The van der Waals surface area contributed by atoms with Gasteiger partial charge in [0.15, 0.2) is 0 Å². The highest BCUT2D eigenvalue weighted by Crippen LogP contribution is 2.31. The molecule has 0 saturated carbocycles. The number of pyridine rings is 1. The fraction of sp³-hybridized carbons (Fsp3) is 0.520. The van der Waals surface area contributed by atoms with Gasteiger partial charge in [0.05, 0.1) is 12.7 Å². The van der Waals surface area contributed by atoms with Crippen molar-refractivity contribution in [3.05, 3.63) is 42.6 Å². The fourth-order valence-electron chi connectivity index (χ4n) is 3.09. The minimum atomic E-state index is -0.203. The van der Waals surface area contributed by atoms with Crippen LogP contribution in [0.5, 0.6) is 11.6 Å². The first kappa shape index (κ1) is 23.9. The molecule has 2 heterocycles. The second-order valence-electron chi connectivity index (χ2n) is 7.68. The normalized spacial score (nSPS) is 16.7. The van der Waals surface area contributed by atoms with E-state index in [1.54, 1.807) is 6.20 Å². The number of carbonyl (C=O) groups excluding carboxylic acids is 1. The van der Waals surface area contributed by atoms with Gasteiger partial charge in [-0.1, -0.05) is 38.5 Å². The van der Waals surface area contributed by atoms with Gasteiger partial charge < -0.3 is 14.2 Å². The van der Waals surface area contributed by atoms with Crippen molar-refractivity contribution in [3.63, 3.8) is 0 Å². The van der Waals surface area contributed by atoms with Crippen LogP contribution in [0.2, 0.25) is 0 Å². The van der Waals surface area contributed by atoms with Crippen LogP contribution in [-0.4, -0.2) is 30.3 Å². The number of nitrogens with zero attached hydrogens (tertiary/aromatic N) is 1. The van der Waals surface area contributed by atoms with Gasteiger partial charge in [0.2, 0.25) is 5.88 Å². The van der Waals surface area contributed by atoms with Crippen LogP contribution < -0.4 is 9.47 Å². The molecule has 0 radical (unpaired) electrons. The average Bonchev–Trinajstić information content (AvgIpc) is 2.75. The van der Waals surface area contributed by atoms with Gasteiger partial charge in [-0.15, -0.1) is 0 Å². The Bertz CT molecular complexity index is 771. The smallest absolute Gasteiger partial charge is 0.311 e. The van der Waals surface area contributed by atoms with Gasteiger partial charge in [-0.2, -0.15) is 0 Å². The lowest BCUT2D eigenvalue weighted by atomic mass is 10.0. The first-order chi connectivity index (χ1) is 14.5. The van der Waals surface area contributed by atoms with Crippen molar-refractivity contribution in [1.29, 1.82) is 0 Å². The van der Waals surface area contributed by atoms with Gasteiger partial charge in [-0.05, 0) is 56.7 Å². The number of hydrogen-bond donors (Lipinski definition) is 0. The van der Waals surface area contributed by atoms with Crippen molar-refractivity contribution in [3.8, 4) is 22.8 Å². The van der Waals surface area contributed by atoms with E-state index in [0.717, 1.165) is 24.2 Å². The summed E-state index contributed by atoms with van der Waals surface area (Å²) < 4.78 is 16.3. The predicted molar refractivity (Wildman–Crippen MR) is 120 cm³/mol. The molecular formula is C25H35NO4. The van der Waals surface area contributed by atoms with Crippen molar-refractivity contribution in [2.45, 2.75) is 65.9 Å². The van der Waals surface area contributed by atoms with E-state index in [4.69, 9.17) is 14.2 Å². The molecule has 0 spiro atoms. The summed E-state index contributed by atoms with van der Waals surface area (Å²) >= 11 is 0. The highest BCUT2D eigenvalue weighted by molar-refractivity contribution is 5.78. The van der Waals surface area contributed by atoms with Gasteiger partial charge in [-0.25, -0.2) is 4.98 Å². The molecule has 1 fully saturated rings. The van der Waals surface area contributed by atoms with Gasteiger partial charge in [-0.3, -0.25) is 4.79 Å². The molecule has 1 aromatic carbocycles. The molecule has 1 aliphatic heterocycles. The Kier molecular flexibility index (Phi) is 10.4. The van der Waals surface area contributed by atoms with Crippen molar-refractivity contribution in [2.24, 2.45) is 5.92 Å². The number of rotatable bonds is 7. The molecule has 30 heavy (non-hydrogen) atoms. The molecule has 1 saturated heterocycles. The van der Waals surface area contributed by atoms with E-state index >= 15 is 0 Å². The van der Waals surface area contributed by atoms with Crippen LogP contribution in [0.15, 0.2) is 42.6 Å². The molecule has 164 valence electrons. The average molecular weight is 414 g/mol. The largest absolute Gasteiger partial charge is 0.478 e. The van der Waals surface area contributed by atoms with E-state index in [-0.39, 0.29) is 5.97 Å². The molecule has 2 atom stereocenters. The summed E-state index contributed by atoms with van der Waals surface area (Å²) in [6.07, 6.45) is 7.50. The van der Waals surface area contributed by atoms with Crippen LogP contribution in [-0.2, 0) is 9.53 Å². The quantitative estimate of drug-likeness (QED) is 0.408. The second kappa shape index (κ2) is 13.0. The monoisotopic (exact) mass is 413 g/mol. The standard InChI is InChI=1S/C19H23NO3.C6H12O/c1-4-14(3)12-19(21)23-17-9-7-6-8-16(17)15-10-11-20-18(13-15)22-5-2;1-6-4-2-3-5-7-6/h6-11,13-14H,4-5,12H2,1-3H3;6H,2-5H2,1H3. The lowest BCUT2D eigenvalue weighted by Gasteiger charge is -2.17. The van der Waals surface area contributed by atoms with E-state index in [0.29, 0.717) is 36.7 Å². The molecule has 0 bridgehead atoms. The molecule has 2 unspecified atom stereocenters. The summed E-state index contributed by atoms with van der Waals surface area (Å²) in [7, 11) is 0. The second-order valence-corrected chi connectivity index (χ2v) is 7.68. The van der Waals surface area contributed by atoms with Crippen molar-refractivity contribution in [1.82, 2.24) is 4.98 Å². The minimum Gasteiger partial charge on any atom is -0.478 e. The molecule has 1 aliphatic rings. The van der Waals surface area contributed by atoms with E-state index in [1.165, 1.54) is 19.3 Å². The molecule has 0 N–H and O–H groups in total. The summed E-state index contributed by atoms with van der Waals surface area (Å²) in [5.74, 6) is 1.24. The number of ether oxygens (including phenoxy) is 3. The zero-order valence-electron chi connectivity index (χ0n) is 18.7. The summed E-state index contributed by atoms with van der Waals surface area (Å²) in [6, 6.07) is 11.2. The third kappa shape index (κ3) is 8.15.